The molecule has 4 nitrogen and oxygen atoms in total. The maximum atomic E-state index is 5.55. The fourth-order valence-corrected chi connectivity index (χ4v) is 1.79. The minimum Gasteiger partial charge on any atom is -0.478 e. The second-order valence-electron chi connectivity index (χ2n) is 4.55. The van der Waals surface area contributed by atoms with Crippen molar-refractivity contribution >= 4 is 0 Å². The summed E-state index contributed by atoms with van der Waals surface area (Å²) in [5.74, 6) is 0.716. The Morgan fingerprint density at radius 3 is 2.65 bits per heavy atom. The first-order valence-electron chi connectivity index (χ1n) is 7.67. The normalized spacial score (nSPS) is 10.1. The Balaban J connectivity index is 0. The Morgan fingerprint density at radius 2 is 2.10 bits per heavy atom. The summed E-state index contributed by atoms with van der Waals surface area (Å²) in [6.07, 6.45) is 4.08. The van der Waals surface area contributed by atoms with Gasteiger partial charge in [0, 0.05) is 20.2 Å². The number of pyridine rings is 1. The predicted octanol–water partition coefficient (Wildman–Crippen LogP) is 3.18. The molecule has 0 aromatic carbocycles. The average Bonchev–Trinajstić information content (AvgIpc) is 2.48. The molecule has 0 atom stereocenters. The second-order valence-corrected chi connectivity index (χ2v) is 4.55. The van der Waals surface area contributed by atoms with Gasteiger partial charge in [-0.15, -0.1) is 0 Å². The zero-order chi connectivity index (χ0) is 15.2. The zero-order valence-corrected chi connectivity index (χ0v) is 13.8. The second kappa shape index (κ2) is 12.9. The number of hydrogen-bond donors (Lipinski definition) is 1. The van der Waals surface area contributed by atoms with Gasteiger partial charge in [0.2, 0.25) is 5.88 Å². The van der Waals surface area contributed by atoms with Gasteiger partial charge in [-0.1, -0.05) is 26.8 Å². The van der Waals surface area contributed by atoms with E-state index in [4.69, 9.17) is 4.74 Å². The molecule has 1 rings (SSSR count). The van der Waals surface area contributed by atoms with E-state index in [1.165, 1.54) is 12.0 Å². The zero-order valence-electron chi connectivity index (χ0n) is 13.8. The number of ether oxygens (including phenoxy) is 1. The molecule has 4 heteroatoms. The van der Waals surface area contributed by atoms with Crippen molar-refractivity contribution in [3.8, 4) is 5.88 Å². The van der Waals surface area contributed by atoms with E-state index in [1.807, 2.05) is 33.2 Å². The lowest BCUT2D eigenvalue weighted by Crippen LogP contribution is -2.18. The van der Waals surface area contributed by atoms with Crippen molar-refractivity contribution in [2.75, 3.05) is 33.8 Å². The molecule has 0 saturated carbocycles. The minimum absolute atomic E-state index is 0. The third-order valence-corrected chi connectivity index (χ3v) is 2.68. The first-order chi connectivity index (χ1) is 9.76. The molecule has 0 fully saturated rings. The van der Waals surface area contributed by atoms with Crippen LogP contribution in [-0.4, -0.2) is 43.7 Å². The fourth-order valence-electron chi connectivity index (χ4n) is 1.79. The maximum Gasteiger partial charge on any atom is 0.213 e. The summed E-state index contributed by atoms with van der Waals surface area (Å²) >= 11 is 0. The van der Waals surface area contributed by atoms with Crippen molar-refractivity contribution in [3.05, 3.63) is 23.9 Å². The van der Waals surface area contributed by atoms with Crippen LogP contribution in [-0.2, 0) is 6.54 Å². The molecule has 20 heavy (non-hydrogen) atoms. The molecule has 0 amide bonds. The topological polar surface area (TPSA) is 37.4 Å². The molecule has 0 saturated heterocycles. The number of nitrogens with one attached hydrogen (secondary N) is 1. The van der Waals surface area contributed by atoms with Crippen LogP contribution in [0.5, 0.6) is 5.88 Å². The molecule has 0 spiro atoms. The van der Waals surface area contributed by atoms with Gasteiger partial charge in [-0.3, -0.25) is 0 Å². The lowest BCUT2D eigenvalue weighted by molar-refractivity contribution is 0.297. The number of nitrogens with zero attached hydrogens (tertiary/aromatic N) is 2. The van der Waals surface area contributed by atoms with Crippen molar-refractivity contribution in [1.29, 1.82) is 0 Å². The van der Waals surface area contributed by atoms with Crippen molar-refractivity contribution in [1.82, 2.24) is 15.2 Å². The summed E-state index contributed by atoms with van der Waals surface area (Å²) < 4.78 is 5.55. The lowest BCUT2D eigenvalue weighted by Gasteiger charge is -2.15. The van der Waals surface area contributed by atoms with Gasteiger partial charge >= 0.3 is 0 Å². The summed E-state index contributed by atoms with van der Waals surface area (Å²) in [5, 5.41) is 3.09. The van der Waals surface area contributed by atoms with Gasteiger partial charge in [0.05, 0.1) is 6.61 Å². The van der Waals surface area contributed by atoms with Gasteiger partial charge in [0.1, 0.15) is 0 Å². The van der Waals surface area contributed by atoms with Crippen LogP contribution >= 0.6 is 0 Å². The Bertz CT molecular complexity index is 320. The van der Waals surface area contributed by atoms with Gasteiger partial charge in [0.15, 0.2) is 0 Å². The van der Waals surface area contributed by atoms with Crippen molar-refractivity contribution in [2.45, 2.75) is 40.2 Å². The van der Waals surface area contributed by atoms with Crippen LogP contribution in [0.3, 0.4) is 0 Å². The quantitative estimate of drug-likeness (QED) is 0.706. The van der Waals surface area contributed by atoms with E-state index in [1.54, 1.807) is 0 Å². The van der Waals surface area contributed by atoms with Crippen LogP contribution in [0.4, 0.5) is 0 Å². The van der Waals surface area contributed by atoms with Crippen LogP contribution in [0, 0.1) is 0 Å². The lowest BCUT2D eigenvalue weighted by atomic mass is 10.2. The van der Waals surface area contributed by atoms with E-state index >= 15 is 0 Å². The Labute approximate surface area is 126 Å². The van der Waals surface area contributed by atoms with Gasteiger partial charge in [0.25, 0.3) is 0 Å². The monoisotopic (exact) mass is 283 g/mol. The van der Waals surface area contributed by atoms with Crippen molar-refractivity contribution in [3.63, 3.8) is 0 Å². The van der Waals surface area contributed by atoms with Crippen molar-refractivity contribution < 1.29 is 6.16 Å². The number of hydrogen-bond acceptors (Lipinski definition) is 4. The molecule has 1 heterocycles. The van der Waals surface area contributed by atoms with Crippen LogP contribution < -0.4 is 10.1 Å². The Hall–Kier alpha value is -1.13. The van der Waals surface area contributed by atoms with Crippen LogP contribution in [0.2, 0.25) is 0 Å². The molecule has 118 valence electrons. The first kappa shape index (κ1) is 18.9. The molecule has 1 aromatic heterocycles. The summed E-state index contributed by atoms with van der Waals surface area (Å²) in [4.78, 5) is 6.62. The van der Waals surface area contributed by atoms with Crippen molar-refractivity contribution in [2.24, 2.45) is 0 Å². The molecule has 1 N–H and O–H groups in total. The molecule has 0 aliphatic carbocycles. The van der Waals surface area contributed by atoms with E-state index < -0.39 is 0 Å². The predicted molar refractivity (Wildman–Crippen MR) is 88.4 cm³/mol. The van der Waals surface area contributed by atoms with E-state index in [0.717, 1.165) is 26.1 Å². The van der Waals surface area contributed by atoms with Gasteiger partial charge < -0.3 is 15.0 Å². The smallest absolute Gasteiger partial charge is 0.213 e. The minimum atomic E-state index is 0. The molecule has 0 bridgehead atoms. The highest BCUT2D eigenvalue weighted by atomic mass is 16.5. The standard InChI is InChI=1S/C14H25N3O.C2H6.H2/c1-4-9-17(3)12-13-6-7-14(16-11-13)18-10-5-8-15-2;1-2;/h6-7,11,15H,4-5,8-10,12H2,1-3H3;1-2H3;1H. The van der Waals surface area contributed by atoms with E-state index in [9.17, 15) is 0 Å². The number of rotatable bonds is 9. The fraction of sp³-hybridized carbons (Fsp3) is 0.688. The Kier molecular flexibility index (Phi) is 12.2. The summed E-state index contributed by atoms with van der Waals surface area (Å²) in [6, 6.07) is 4.04. The highest BCUT2D eigenvalue weighted by Gasteiger charge is 2.00. The van der Waals surface area contributed by atoms with E-state index in [-0.39, 0.29) is 1.43 Å². The van der Waals surface area contributed by atoms with Gasteiger partial charge in [-0.25, -0.2) is 4.98 Å². The molecule has 0 aliphatic rings. The van der Waals surface area contributed by atoms with Crippen LogP contribution in [0.25, 0.3) is 0 Å². The summed E-state index contributed by atoms with van der Waals surface area (Å²) in [6.45, 7) is 9.93. The highest BCUT2D eigenvalue weighted by Crippen LogP contribution is 2.09. The summed E-state index contributed by atoms with van der Waals surface area (Å²) in [7, 11) is 4.07. The van der Waals surface area contributed by atoms with E-state index in [2.05, 4.69) is 35.2 Å². The third-order valence-electron chi connectivity index (χ3n) is 2.68. The van der Waals surface area contributed by atoms with Crippen LogP contribution in [0.1, 0.15) is 40.6 Å². The van der Waals surface area contributed by atoms with E-state index in [0.29, 0.717) is 12.5 Å². The number of aromatic nitrogens is 1. The molecular weight excluding hydrogens is 250 g/mol. The van der Waals surface area contributed by atoms with Gasteiger partial charge in [-0.2, -0.15) is 0 Å². The Morgan fingerprint density at radius 1 is 1.35 bits per heavy atom. The molecule has 0 aliphatic heterocycles. The first-order valence-corrected chi connectivity index (χ1v) is 7.67. The summed E-state index contributed by atoms with van der Waals surface area (Å²) in [5.41, 5.74) is 1.23. The van der Waals surface area contributed by atoms with Gasteiger partial charge in [-0.05, 0) is 45.6 Å². The molecular formula is C16H33N3O. The molecule has 0 unspecified atom stereocenters. The maximum absolute atomic E-state index is 5.55. The largest absolute Gasteiger partial charge is 0.478 e. The molecule has 1 aromatic rings. The molecule has 0 radical (unpaired) electrons. The average molecular weight is 283 g/mol. The SMILES string of the molecule is CC.CCCN(C)Cc1ccc(OCCCNC)nc1.[HH]. The third kappa shape index (κ3) is 8.88. The highest BCUT2D eigenvalue weighted by molar-refractivity contribution is 5.17. The van der Waals surface area contributed by atoms with Crippen LogP contribution in [0.15, 0.2) is 18.3 Å².